The minimum atomic E-state index is -5.77. The highest BCUT2D eigenvalue weighted by Gasteiger charge is 2.47. The lowest BCUT2D eigenvalue weighted by molar-refractivity contribution is -0.122. The number of unbranched alkanes of at least 4 members (excludes halogenated alkanes) is 6. The number of hydrogen-bond donors (Lipinski definition) is 11. The summed E-state index contributed by atoms with van der Waals surface area (Å²) in [6, 6.07) is 1.72. The normalized spacial score (nSPS) is 26.0. The summed E-state index contributed by atoms with van der Waals surface area (Å²) in [5.41, 5.74) is -0.877. The van der Waals surface area contributed by atoms with Crippen LogP contribution in [0.3, 0.4) is 0 Å². The second-order valence-corrected chi connectivity index (χ2v) is 19.8. The van der Waals surface area contributed by atoms with Crippen molar-refractivity contribution in [3.8, 4) is 0 Å². The highest BCUT2D eigenvalue weighted by molar-refractivity contribution is 8.00. The molecule has 0 bridgehead atoms. The first kappa shape index (κ1) is 49.2. The number of amides is 4. The van der Waals surface area contributed by atoms with Crippen molar-refractivity contribution in [3.05, 3.63) is 22.7 Å². The van der Waals surface area contributed by atoms with Crippen LogP contribution >= 0.6 is 35.2 Å². The van der Waals surface area contributed by atoms with Crippen molar-refractivity contribution in [1.29, 1.82) is 0 Å². The van der Waals surface area contributed by atoms with E-state index in [9.17, 15) is 52.9 Å². The van der Waals surface area contributed by atoms with Gasteiger partial charge < -0.3 is 61.1 Å². The highest BCUT2D eigenvalue weighted by Crippen LogP contribution is 2.66. The van der Waals surface area contributed by atoms with Crippen molar-refractivity contribution in [3.63, 3.8) is 0 Å². The molecule has 0 aromatic carbocycles. The van der Waals surface area contributed by atoms with Crippen LogP contribution in [0.25, 0.3) is 0 Å². The molecule has 28 heteroatoms. The van der Waals surface area contributed by atoms with Gasteiger partial charge in [-0.05, 0) is 44.6 Å². The van der Waals surface area contributed by atoms with Crippen LogP contribution in [0, 0.1) is 0 Å². The van der Waals surface area contributed by atoms with Gasteiger partial charge in [0.25, 0.3) is 0 Å². The second kappa shape index (κ2) is 23.1. The van der Waals surface area contributed by atoms with Crippen molar-refractivity contribution in [2.75, 3.05) is 37.3 Å². The number of nitrogens with one attached hydrogen (secondary N) is 5. The standard InChI is InChI=1S/C31H54N7O17P3S/c39-24(11-4-3-9-16-34-25(40)12-6-5-10-22-26-20(19-59-22)35-30(43)37-26)33-15-8-2-1-7-14-32-23-13-17-38(31(44)36-23)29-28(42)27(41)21(53-29)18-52-57(48,49)55-58(50,51)54-56(45,46)47/h13,17,20-22,26-29,41-42H,1-12,14-16,18-19H2,(H,33,39)(H,34,40)(H,48,49)(H,50,51)(H,32,36,44)(H2,35,37,43)(H2,45,46,47)/t20-,21+,22-,26-,27+,28+,29+/m0/s1. The van der Waals surface area contributed by atoms with E-state index in [0.717, 1.165) is 74.5 Å². The zero-order valence-corrected chi connectivity index (χ0v) is 35.5. The maximum absolute atomic E-state index is 12.7. The quantitative estimate of drug-likeness (QED) is 0.0329. The predicted octanol–water partition coefficient (Wildman–Crippen LogP) is 0.697. The summed E-state index contributed by atoms with van der Waals surface area (Å²) >= 11 is 1.87. The van der Waals surface area contributed by atoms with Crippen LogP contribution in [0.1, 0.15) is 83.3 Å². The van der Waals surface area contributed by atoms with Crippen LogP contribution < -0.4 is 32.3 Å². The fourth-order valence-electron chi connectivity index (χ4n) is 6.59. The van der Waals surface area contributed by atoms with E-state index in [2.05, 4.69) is 44.7 Å². The van der Waals surface area contributed by atoms with Gasteiger partial charge in [-0.2, -0.15) is 25.4 Å². The van der Waals surface area contributed by atoms with Gasteiger partial charge in [0.15, 0.2) is 6.23 Å². The molecule has 3 fully saturated rings. The molecule has 2 unspecified atom stereocenters. The Morgan fingerprint density at radius 2 is 1.47 bits per heavy atom. The third-order valence-corrected chi connectivity index (χ3v) is 14.8. The van der Waals surface area contributed by atoms with Gasteiger partial charge in [0.1, 0.15) is 24.1 Å². The smallest absolute Gasteiger partial charge is 0.387 e. The van der Waals surface area contributed by atoms with E-state index in [4.69, 9.17) is 14.5 Å². The van der Waals surface area contributed by atoms with Crippen LogP contribution in [0.4, 0.5) is 10.6 Å². The number of aromatic nitrogens is 2. The van der Waals surface area contributed by atoms with Gasteiger partial charge in [0.05, 0.1) is 18.7 Å². The number of phosphoric acid groups is 3. The SMILES string of the molecule is O=C(CCCCCNC(=O)CCCC[C@@H]1SC[C@@H]2NC(=O)N[C@@H]21)NCCCCCCNc1ccn([C@@H]2O[C@H](COP(=O)(O)OP(=O)(O)OP(=O)(O)O)[C@@H](O)[C@H]2O)c(=O)n1. The summed E-state index contributed by atoms with van der Waals surface area (Å²) < 4.78 is 52.1. The fraction of sp³-hybridized carbons (Fsp3) is 0.774. The lowest BCUT2D eigenvalue weighted by Crippen LogP contribution is -2.36. The molecule has 11 N–H and O–H groups in total. The molecule has 1 aromatic rings. The monoisotopic (exact) mass is 921 g/mol. The van der Waals surface area contributed by atoms with E-state index in [0.29, 0.717) is 37.7 Å². The van der Waals surface area contributed by atoms with Crippen LogP contribution in [0.5, 0.6) is 0 Å². The number of aliphatic hydroxyl groups is 2. The molecular formula is C31H54N7O17P3S. The third kappa shape index (κ3) is 17.1. The number of aliphatic hydroxyl groups excluding tert-OH is 2. The van der Waals surface area contributed by atoms with E-state index in [1.165, 1.54) is 12.3 Å². The zero-order valence-electron chi connectivity index (χ0n) is 32.0. The van der Waals surface area contributed by atoms with Crippen molar-refractivity contribution in [2.24, 2.45) is 0 Å². The molecule has 3 aliphatic heterocycles. The summed E-state index contributed by atoms with van der Waals surface area (Å²) in [6.07, 6.45) is 3.82. The molecule has 24 nitrogen and oxygen atoms in total. The lowest BCUT2D eigenvalue weighted by Gasteiger charge is -2.19. The summed E-state index contributed by atoms with van der Waals surface area (Å²) in [4.78, 5) is 88.5. The van der Waals surface area contributed by atoms with Gasteiger partial charge in [0.2, 0.25) is 11.8 Å². The van der Waals surface area contributed by atoms with Crippen molar-refractivity contribution >= 4 is 58.9 Å². The zero-order chi connectivity index (χ0) is 43.2. The number of hydrogen-bond acceptors (Lipinski definition) is 16. The van der Waals surface area contributed by atoms with Crippen LogP contribution in [-0.4, -0.2) is 125 Å². The molecule has 1 aromatic heterocycles. The molecule has 0 spiro atoms. The third-order valence-electron chi connectivity index (χ3n) is 9.47. The predicted molar refractivity (Wildman–Crippen MR) is 210 cm³/mol. The molecule has 0 aliphatic carbocycles. The summed E-state index contributed by atoms with van der Waals surface area (Å²) in [5, 5.41) is 35.9. The van der Waals surface area contributed by atoms with Crippen LogP contribution in [0.2, 0.25) is 0 Å². The van der Waals surface area contributed by atoms with Crippen LogP contribution in [0.15, 0.2) is 17.1 Å². The van der Waals surface area contributed by atoms with Crippen molar-refractivity contribution in [2.45, 2.75) is 119 Å². The van der Waals surface area contributed by atoms with Gasteiger partial charge in [-0.1, -0.05) is 25.7 Å². The first-order valence-electron chi connectivity index (χ1n) is 19.2. The first-order chi connectivity index (χ1) is 27.8. The maximum Gasteiger partial charge on any atom is 0.490 e. The van der Waals surface area contributed by atoms with Gasteiger partial charge in [-0.3, -0.25) is 18.7 Å². The number of ether oxygens (including phenoxy) is 1. The number of phosphoric ester groups is 1. The van der Waals surface area contributed by atoms with Crippen LogP contribution in [-0.2, 0) is 41.2 Å². The Hall–Kier alpha value is -2.47. The number of rotatable bonds is 27. The Labute approximate surface area is 343 Å². The molecule has 4 rings (SSSR count). The Balaban J connectivity index is 0.985. The second-order valence-electron chi connectivity index (χ2n) is 14.2. The highest BCUT2D eigenvalue weighted by atomic mass is 32.2. The molecule has 9 atom stereocenters. The maximum atomic E-state index is 12.7. The average Bonchev–Trinajstić information content (AvgIpc) is 3.78. The largest absolute Gasteiger partial charge is 0.490 e. The number of thioether (sulfide) groups is 1. The number of anilines is 1. The minimum Gasteiger partial charge on any atom is -0.387 e. The van der Waals surface area contributed by atoms with E-state index in [1.54, 1.807) is 0 Å². The summed E-state index contributed by atoms with van der Waals surface area (Å²) in [7, 11) is -16.9. The van der Waals surface area contributed by atoms with Crippen molar-refractivity contribution < 1.29 is 75.7 Å². The number of carbonyl (C=O) groups is 3. The molecule has 0 radical (unpaired) electrons. The Morgan fingerprint density at radius 1 is 0.847 bits per heavy atom. The molecule has 59 heavy (non-hydrogen) atoms. The van der Waals surface area contributed by atoms with Crippen molar-refractivity contribution in [1.82, 2.24) is 30.8 Å². The number of nitrogens with zero attached hydrogens (tertiary/aromatic N) is 2. The number of urea groups is 1. The summed E-state index contributed by atoms with van der Waals surface area (Å²) in [6.45, 7) is 0.577. The molecule has 3 aliphatic rings. The van der Waals surface area contributed by atoms with E-state index in [-0.39, 0.29) is 35.7 Å². The van der Waals surface area contributed by atoms with Gasteiger partial charge >= 0.3 is 35.2 Å². The fourth-order valence-corrected chi connectivity index (χ4v) is 11.2. The molecule has 336 valence electrons. The van der Waals surface area contributed by atoms with Gasteiger partial charge in [-0.15, -0.1) is 0 Å². The molecule has 0 saturated carbocycles. The average molecular weight is 922 g/mol. The molecule has 4 amide bonds. The van der Waals surface area contributed by atoms with Gasteiger partial charge in [-0.25, -0.2) is 23.3 Å². The summed E-state index contributed by atoms with van der Waals surface area (Å²) in [5.74, 6) is 1.17. The van der Waals surface area contributed by atoms with E-state index >= 15 is 0 Å². The molecule has 3 saturated heterocycles. The van der Waals surface area contributed by atoms with Gasteiger partial charge in [0, 0.05) is 49.7 Å². The number of fused-ring (bicyclic) bond motifs is 1. The topological polar surface area (TPSA) is 356 Å². The molecule has 4 heterocycles. The minimum absolute atomic E-state index is 0.0139. The Kier molecular flexibility index (Phi) is 19.3. The van der Waals surface area contributed by atoms with E-state index < -0.39 is 60.3 Å². The Bertz CT molecular complexity index is 1780. The Morgan fingerprint density at radius 3 is 2.12 bits per heavy atom. The van der Waals surface area contributed by atoms with E-state index in [1.807, 2.05) is 11.8 Å². The molecular weight excluding hydrogens is 867 g/mol. The number of carbonyl (C=O) groups excluding carboxylic acids is 3. The first-order valence-corrected chi connectivity index (χ1v) is 24.7. The lowest BCUT2D eigenvalue weighted by atomic mass is 10.0.